The summed E-state index contributed by atoms with van der Waals surface area (Å²) in [6.45, 7) is 6.34. The molecule has 1 fully saturated rings. The van der Waals surface area contributed by atoms with Crippen LogP contribution in [0.1, 0.15) is 63.1 Å². The summed E-state index contributed by atoms with van der Waals surface area (Å²) >= 11 is 0. The summed E-state index contributed by atoms with van der Waals surface area (Å²) < 4.78 is 0. The fraction of sp³-hybridized carbons (Fsp3) is 0.722. The summed E-state index contributed by atoms with van der Waals surface area (Å²) in [5.41, 5.74) is 2.48. The molecule has 1 aromatic rings. The highest BCUT2D eigenvalue weighted by molar-refractivity contribution is 5.43. The van der Waals surface area contributed by atoms with Gasteiger partial charge in [-0.3, -0.25) is 0 Å². The van der Waals surface area contributed by atoms with Crippen molar-refractivity contribution in [2.45, 2.75) is 71.4 Å². The van der Waals surface area contributed by atoms with E-state index in [1.807, 2.05) is 0 Å². The van der Waals surface area contributed by atoms with Gasteiger partial charge in [-0.15, -0.1) is 0 Å². The van der Waals surface area contributed by atoms with Gasteiger partial charge in [0.2, 0.25) is 0 Å². The van der Waals surface area contributed by atoms with Crippen LogP contribution < -0.4 is 10.2 Å². The smallest absolute Gasteiger partial charge is 0.129 e. The first kappa shape index (κ1) is 16.3. The molecule has 2 rings (SSSR count). The Balaban J connectivity index is 2.06. The topological polar surface area (TPSA) is 28.2 Å². The highest BCUT2D eigenvalue weighted by atomic mass is 15.2. The minimum atomic E-state index is 0.665. The first-order chi connectivity index (χ1) is 10.2. The SMILES string of the molecule is CCCNCc1cc(C)nc(N(C)C2CCCCCC2)c1. The number of hydrogen-bond donors (Lipinski definition) is 1. The predicted octanol–water partition coefficient (Wildman–Crippen LogP) is 4.05. The van der Waals surface area contributed by atoms with Crippen molar-refractivity contribution in [3.05, 3.63) is 23.4 Å². The van der Waals surface area contributed by atoms with Crippen molar-refractivity contribution in [3.63, 3.8) is 0 Å². The molecule has 0 aliphatic heterocycles. The number of aryl methyl sites for hydroxylation is 1. The molecule has 118 valence electrons. The largest absolute Gasteiger partial charge is 0.357 e. The molecule has 0 atom stereocenters. The van der Waals surface area contributed by atoms with Crippen LogP contribution in [0, 0.1) is 6.92 Å². The molecule has 3 heteroatoms. The molecule has 0 amide bonds. The number of anilines is 1. The molecule has 1 N–H and O–H groups in total. The molecule has 0 spiro atoms. The summed E-state index contributed by atoms with van der Waals surface area (Å²) in [6, 6.07) is 5.13. The lowest BCUT2D eigenvalue weighted by molar-refractivity contribution is 0.548. The third-order valence-electron chi connectivity index (χ3n) is 4.49. The van der Waals surface area contributed by atoms with E-state index in [9.17, 15) is 0 Å². The molecule has 1 saturated carbocycles. The van der Waals surface area contributed by atoms with E-state index >= 15 is 0 Å². The summed E-state index contributed by atoms with van der Waals surface area (Å²) in [6.07, 6.45) is 9.34. The molecular weight excluding hydrogens is 258 g/mol. The molecule has 0 unspecified atom stereocenters. The molecule has 0 saturated heterocycles. The second-order valence-corrected chi connectivity index (χ2v) is 6.41. The molecule has 1 aliphatic rings. The van der Waals surface area contributed by atoms with Gasteiger partial charge in [-0.05, 0) is 50.4 Å². The summed E-state index contributed by atoms with van der Waals surface area (Å²) in [4.78, 5) is 7.18. The van der Waals surface area contributed by atoms with E-state index in [1.165, 1.54) is 50.5 Å². The average molecular weight is 289 g/mol. The monoisotopic (exact) mass is 289 g/mol. The van der Waals surface area contributed by atoms with Crippen molar-refractivity contribution in [1.82, 2.24) is 10.3 Å². The molecule has 1 heterocycles. The van der Waals surface area contributed by atoms with Gasteiger partial charge in [-0.25, -0.2) is 4.98 Å². The third-order valence-corrected chi connectivity index (χ3v) is 4.49. The van der Waals surface area contributed by atoms with E-state index in [2.05, 4.69) is 43.2 Å². The lowest BCUT2D eigenvalue weighted by atomic mass is 10.1. The number of hydrogen-bond acceptors (Lipinski definition) is 3. The van der Waals surface area contributed by atoms with Gasteiger partial charge in [0.15, 0.2) is 0 Å². The molecular formula is C18H31N3. The maximum Gasteiger partial charge on any atom is 0.129 e. The normalized spacial score (nSPS) is 16.7. The maximum atomic E-state index is 4.77. The average Bonchev–Trinajstić information content (AvgIpc) is 2.75. The fourth-order valence-corrected chi connectivity index (χ4v) is 3.25. The lowest BCUT2D eigenvalue weighted by Gasteiger charge is -2.29. The van der Waals surface area contributed by atoms with Crippen molar-refractivity contribution in [2.75, 3.05) is 18.5 Å². The van der Waals surface area contributed by atoms with Gasteiger partial charge in [0.25, 0.3) is 0 Å². The first-order valence-corrected chi connectivity index (χ1v) is 8.62. The lowest BCUT2D eigenvalue weighted by Crippen LogP contribution is -2.32. The second-order valence-electron chi connectivity index (χ2n) is 6.41. The molecule has 1 aromatic heterocycles. The predicted molar refractivity (Wildman–Crippen MR) is 90.9 cm³/mol. The van der Waals surface area contributed by atoms with Crippen LogP contribution in [0.3, 0.4) is 0 Å². The zero-order chi connectivity index (χ0) is 15.1. The Kier molecular flexibility index (Phi) is 6.50. The highest BCUT2D eigenvalue weighted by Crippen LogP contribution is 2.25. The van der Waals surface area contributed by atoms with E-state index in [0.29, 0.717) is 6.04 Å². The van der Waals surface area contributed by atoms with Crippen LogP contribution in [-0.4, -0.2) is 24.6 Å². The number of nitrogens with zero attached hydrogens (tertiary/aromatic N) is 2. The molecule has 0 bridgehead atoms. The number of nitrogens with one attached hydrogen (secondary N) is 1. The maximum absolute atomic E-state index is 4.77. The Hall–Kier alpha value is -1.09. The third kappa shape index (κ3) is 4.99. The highest BCUT2D eigenvalue weighted by Gasteiger charge is 2.18. The van der Waals surface area contributed by atoms with Gasteiger partial charge in [0.05, 0.1) is 0 Å². The van der Waals surface area contributed by atoms with Crippen molar-refractivity contribution < 1.29 is 0 Å². The van der Waals surface area contributed by atoms with Gasteiger partial charge < -0.3 is 10.2 Å². The van der Waals surface area contributed by atoms with Gasteiger partial charge in [0, 0.05) is 25.3 Å². The van der Waals surface area contributed by atoms with Crippen LogP contribution >= 0.6 is 0 Å². The summed E-state index contributed by atoms with van der Waals surface area (Å²) in [7, 11) is 2.22. The Morgan fingerprint density at radius 2 is 1.90 bits per heavy atom. The van der Waals surface area contributed by atoms with E-state index in [4.69, 9.17) is 4.98 Å². The Morgan fingerprint density at radius 1 is 1.19 bits per heavy atom. The number of aromatic nitrogens is 1. The Morgan fingerprint density at radius 3 is 2.57 bits per heavy atom. The van der Waals surface area contributed by atoms with Crippen LogP contribution in [0.5, 0.6) is 0 Å². The minimum Gasteiger partial charge on any atom is -0.357 e. The van der Waals surface area contributed by atoms with Crippen molar-refractivity contribution in [1.29, 1.82) is 0 Å². The van der Waals surface area contributed by atoms with Crippen LogP contribution in [0.15, 0.2) is 12.1 Å². The van der Waals surface area contributed by atoms with Crippen LogP contribution in [0.25, 0.3) is 0 Å². The van der Waals surface area contributed by atoms with E-state index in [-0.39, 0.29) is 0 Å². The molecule has 0 radical (unpaired) electrons. The Labute approximate surface area is 130 Å². The van der Waals surface area contributed by atoms with Gasteiger partial charge in [-0.1, -0.05) is 32.6 Å². The van der Waals surface area contributed by atoms with Crippen LogP contribution in [0.2, 0.25) is 0 Å². The van der Waals surface area contributed by atoms with Gasteiger partial charge in [-0.2, -0.15) is 0 Å². The van der Waals surface area contributed by atoms with Crippen LogP contribution in [0.4, 0.5) is 5.82 Å². The fourth-order valence-electron chi connectivity index (χ4n) is 3.25. The molecule has 1 aliphatic carbocycles. The molecule has 0 aromatic carbocycles. The quantitative estimate of drug-likeness (QED) is 0.632. The zero-order valence-electron chi connectivity index (χ0n) is 14.0. The first-order valence-electron chi connectivity index (χ1n) is 8.62. The zero-order valence-corrected chi connectivity index (χ0v) is 14.0. The van der Waals surface area contributed by atoms with Crippen molar-refractivity contribution in [3.8, 4) is 0 Å². The molecule has 3 nitrogen and oxygen atoms in total. The number of pyridine rings is 1. The van der Waals surface area contributed by atoms with Gasteiger partial charge in [0.1, 0.15) is 5.82 Å². The standard InChI is InChI=1S/C18H31N3/c1-4-11-19-14-16-12-15(2)20-18(13-16)21(3)17-9-7-5-6-8-10-17/h12-13,17,19H,4-11,14H2,1-3H3. The van der Waals surface area contributed by atoms with Crippen molar-refractivity contribution >= 4 is 5.82 Å². The summed E-state index contributed by atoms with van der Waals surface area (Å²) in [5, 5.41) is 3.49. The van der Waals surface area contributed by atoms with Crippen LogP contribution in [-0.2, 0) is 6.54 Å². The second kappa shape index (κ2) is 8.38. The van der Waals surface area contributed by atoms with E-state index in [0.717, 1.165) is 24.6 Å². The van der Waals surface area contributed by atoms with E-state index < -0.39 is 0 Å². The number of rotatable bonds is 6. The summed E-state index contributed by atoms with van der Waals surface area (Å²) in [5.74, 6) is 1.15. The van der Waals surface area contributed by atoms with Gasteiger partial charge >= 0.3 is 0 Å². The van der Waals surface area contributed by atoms with Crippen molar-refractivity contribution in [2.24, 2.45) is 0 Å². The minimum absolute atomic E-state index is 0.665. The molecule has 21 heavy (non-hydrogen) atoms. The van der Waals surface area contributed by atoms with E-state index in [1.54, 1.807) is 0 Å². The Bertz CT molecular complexity index is 422.